The smallest absolute Gasteiger partial charge is 0.222 e. The number of nitrogens with zero attached hydrogens (tertiary/aromatic N) is 2. The molecule has 1 aromatic heterocycles. The summed E-state index contributed by atoms with van der Waals surface area (Å²) >= 11 is 12.1. The predicted molar refractivity (Wildman–Crippen MR) is 121 cm³/mol. The minimum Gasteiger partial charge on any atom is -0.493 e. The summed E-state index contributed by atoms with van der Waals surface area (Å²) in [6.45, 7) is 0.299. The molecule has 0 saturated heterocycles. The molecular weight excluding hydrogens is 423 g/mol. The lowest BCUT2D eigenvalue weighted by molar-refractivity contribution is 0.284. The third-order valence-electron chi connectivity index (χ3n) is 4.36. The molecular formula is C22H18Cl2N4O2. The summed E-state index contributed by atoms with van der Waals surface area (Å²) in [5.74, 6) is 1.76. The molecule has 0 bridgehead atoms. The number of rotatable bonds is 7. The van der Waals surface area contributed by atoms with Crippen LogP contribution in [0.3, 0.4) is 0 Å². The van der Waals surface area contributed by atoms with Gasteiger partial charge >= 0.3 is 0 Å². The summed E-state index contributed by atoms with van der Waals surface area (Å²) < 4.78 is 11.3. The number of aromatic amines is 1. The summed E-state index contributed by atoms with van der Waals surface area (Å²) in [6, 6.07) is 18.6. The molecule has 0 unspecified atom stereocenters. The lowest BCUT2D eigenvalue weighted by atomic mass is 10.2. The van der Waals surface area contributed by atoms with Gasteiger partial charge in [-0.1, -0.05) is 41.4 Å². The van der Waals surface area contributed by atoms with E-state index >= 15 is 0 Å². The van der Waals surface area contributed by atoms with Crippen molar-refractivity contribution >= 4 is 46.4 Å². The zero-order valence-corrected chi connectivity index (χ0v) is 17.5. The van der Waals surface area contributed by atoms with Gasteiger partial charge in [-0.15, -0.1) is 0 Å². The Balaban J connectivity index is 1.42. The number of halogens is 2. The van der Waals surface area contributed by atoms with E-state index in [1.807, 2.05) is 48.5 Å². The normalized spacial score (nSPS) is 11.2. The van der Waals surface area contributed by atoms with Gasteiger partial charge in [-0.2, -0.15) is 5.10 Å². The van der Waals surface area contributed by atoms with Crippen LogP contribution in [-0.2, 0) is 6.61 Å². The van der Waals surface area contributed by atoms with Crippen molar-refractivity contribution < 1.29 is 9.47 Å². The average Bonchev–Trinajstić information content (AvgIpc) is 3.16. The van der Waals surface area contributed by atoms with E-state index in [1.54, 1.807) is 25.5 Å². The van der Waals surface area contributed by atoms with E-state index in [0.717, 1.165) is 22.2 Å². The third kappa shape index (κ3) is 4.67. The predicted octanol–water partition coefficient (Wildman–Crippen LogP) is 5.90. The lowest BCUT2D eigenvalue weighted by Gasteiger charge is -2.12. The van der Waals surface area contributed by atoms with Crippen molar-refractivity contribution in [2.45, 2.75) is 6.61 Å². The van der Waals surface area contributed by atoms with E-state index in [1.165, 1.54) is 0 Å². The number of hydrogen-bond acceptors (Lipinski definition) is 5. The van der Waals surface area contributed by atoms with Crippen molar-refractivity contribution in [2.24, 2.45) is 5.10 Å². The van der Waals surface area contributed by atoms with Crippen LogP contribution < -0.4 is 14.9 Å². The first-order valence-corrected chi connectivity index (χ1v) is 9.86. The molecule has 0 aliphatic rings. The molecule has 30 heavy (non-hydrogen) atoms. The van der Waals surface area contributed by atoms with Crippen molar-refractivity contribution in [1.29, 1.82) is 0 Å². The molecule has 8 heteroatoms. The topological polar surface area (TPSA) is 71.5 Å². The fourth-order valence-electron chi connectivity index (χ4n) is 2.85. The van der Waals surface area contributed by atoms with Crippen LogP contribution in [0.5, 0.6) is 11.5 Å². The summed E-state index contributed by atoms with van der Waals surface area (Å²) in [5, 5.41) is 5.37. The van der Waals surface area contributed by atoms with Gasteiger partial charge in [0.2, 0.25) is 5.95 Å². The van der Waals surface area contributed by atoms with Crippen molar-refractivity contribution in [3.8, 4) is 11.5 Å². The fourth-order valence-corrected chi connectivity index (χ4v) is 3.31. The second kappa shape index (κ2) is 9.07. The van der Waals surface area contributed by atoms with Crippen LogP contribution in [0.1, 0.15) is 11.1 Å². The molecule has 1 heterocycles. The van der Waals surface area contributed by atoms with Gasteiger partial charge in [-0.3, -0.25) is 0 Å². The Kier molecular flexibility index (Phi) is 6.07. The SMILES string of the molecule is COc1cc(/C=N\Nc2nc3ccccc3[nH]2)ccc1OCc1ccc(Cl)cc1Cl. The summed E-state index contributed by atoms with van der Waals surface area (Å²) in [5.41, 5.74) is 6.39. The van der Waals surface area contributed by atoms with Crippen LogP contribution in [0.15, 0.2) is 65.8 Å². The lowest BCUT2D eigenvalue weighted by Crippen LogP contribution is -1.99. The first-order valence-electron chi connectivity index (χ1n) is 9.11. The fraction of sp³-hybridized carbons (Fsp3) is 0.0909. The molecule has 0 atom stereocenters. The molecule has 0 fully saturated rings. The molecule has 0 aliphatic heterocycles. The number of hydrazone groups is 1. The minimum atomic E-state index is 0.299. The number of benzene rings is 3. The van der Waals surface area contributed by atoms with E-state index in [0.29, 0.717) is 34.1 Å². The molecule has 0 aliphatic carbocycles. The van der Waals surface area contributed by atoms with Gasteiger partial charge in [0.15, 0.2) is 11.5 Å². The zero-order chi connectivity index (χ0) is 20.9. The van der Waals surface area contributed by atoms with E-state index in [4.69, 9.17) is 32.7 Å². The third-order valence-corrected chi connectivity index (χ3v) is 4.95. The number of H-pyrrole nitrogens is 1. The molecule has 4 aromatic rings. The van der Waals surface area contributed by atoms with Crippen molar-refractivity contribution in [3.05, 3.63) is 81.8 Å². The summed E-state index contributed by atoms with van der Waals surface area (Å²) in [4.78, 5) is 7.57. The Bertz CT molecular complexity index is 1170. The van der Waals surface area contributed by atoms with Gasteiger partial charge in [0.25, 0.3) is 0 Å². The van der Waals surface area contributed by atoms with Gasteiger partial charge in [0.1, 0.15) is 6.61 Å². The minimum absolute atomic E-state index is 0.299. The maximum atomic E-state index is 6.20. The Morgan fingerprint density at radius 1 is 1.07 bits per heavy atom. The molecule has 3 aromatic carbocycles. The largest absolute Gasteiger partial charge is 0.493 e. The molecule has 4 rings (SSSR count). The molecule has 6 nitrogen and oxygen atoms in total. The molecule has 2 N–H and O–H groups in total. The maximum absolute atomic E-state index is 6.20. The van der Waals surface area contributed by atoms with Crippen molar-refractivity contribution in [3.63, 3.8) is 0 Å². The standard InChI is InChI=1S/C22H18Cl2N4O2/c1-29-21-10-14(12-25-28-22-26-18-4-2-3-5-19(18)27-22)6-9-20(21)30-13-15-7-8-16(23)11-17(15)24/h2-12H,13H2,1H3,(H2,26,27,28)/b25-12-. The number of methoxy groups -OCH3 is 1. The van der Waals surface area contributed by atoms with Crippen molar-refractivity contribution in [1.82, 2.24) is 9.97 Å². The molecule has 0 radical (unpaired) electrons. The Labute approximate surface area is 183 Å². The number of nitrogens with one attached hydrogen (secondary N) is 2. The van der Waals surface area contributed by atoms with Crippen LogP contribution >= 0.6 is 23.2 Å². The number of para-hydroxylation sites is 2. The van der Waals surface area contributed by atoms with E-state index in [-0.39, 0.29) is 0 Å². The number of imidazole rings is 1. The van der Waals surface area contributed by atoms with Crippen molar-refractivity contribution in [2.75, 3.05) is 12.5 Å². The quantitative estimate of drug-likeness (QED) is 0.277. The van der Waals surface area contributed by atoms with Crippen LogP contribution in [0.2, 0.25) is 10.0 Å². The highest BCUT2D eigenvalue weighted by atomic mass is 35.5. The highest BCUT2D eigenvalue weighted by Crippen LogP contribution is 2.30. The van der Waals surface area contributed by atoms with E-state index in [9.17, 15) is 0 Å². The Hall–Kier alpha value is -3.22. The molecule has 0 saturated carbocycles. The second-order valence-electron chi connectivity index (χ2n) is 6.41. The number of anilines is 1. The monoisotopic (exact) mass is 440 g/mol. The van der Waals surface area contributed by atoms with Crippen LogP contribution in [0.25, 0.3) is 11.0 Å². The van der Waals surface area contributed by atoms with Crippen LogP contribution in [-0.4, -0.2) is 23.3 Å². The van der Waals surface area contributed by atoms with Crippen LogP contribution in [0.4, 0.5) is 5.95 Å². The average molecular weight is 441 g/mol. The summed E-state index contributed by atoms with van der Waals surface area (Å²) in [7, 11) is 1.59. The molecule has 152 valence electrons. The van der Waals surface area contributed by atoms with E-state index in [2.05, 4.69) is 20.5 Å². The zero-order valence-electron chi connectivity index (χ0n) is 16.0. The number of fused-ring (bicyclic) bond motifs is 1. The van der Waals surface area contributed by atoms with Gasteiger partial charge in [0.05, 0.1) is 24.4 Å². The Morgan fingerprint density at radius 2 is 1.93 bits per heavy atom. The van der Waals surface area contributed by atoms with Gasteiger partial charge < -0.3 is 14.5 Å². The maximum Gasteiger partial charge on any atom is 0.222 e. The second-order valence-corrected chi connectivity index (χ2v) is 7.25. The number of ether oxygens (including phenoxy) is 2. The van der Waals surface area contributed by atoms with E-state index < -0.39 is 0 Å². The van der Waals surface area contributed by atoms with Gasteiger partial charge in [0, 0.05) is 15.6 Å². The summed E-state index contributed by atoms with van der Waals surface area (Å²) in [6.07, 6.45) is 1.68. The van der Waals surface area contributed by atoms with Gasteiger partial charge in [-0.25, -0.2) is 10.4 Å². The highest BCUT2D eigenvalue weighted by molar-refractivity contribution is 6.35. The Morgan fingerprint density at radius 3 is 2.73 bits per heavy atom. The number of aromatic nitrogens is 2. The van der Waals surface area contributed by atoms with Gasteiger partial charge in [-0.05, 0) is 48.0 Å². The number of hydrogen-bond donors (Lipinski definition) is 2. The highest BCUT2D eigenvalue weighted by Gasteiger charge is 2.08. The molecule has 0 amide bonds. The van der Waals surface area contributed by atoms with Crippen LogP contribution in [0, 0.1) is 0 Å². The molecule has 0 spiro atoms. The first-order chi connectivity index (χ1) is 14.6. The first kappa shape index (κ1) is 20.1.